The molecule has 12 heteroatoms. The first-order valence-electron chi connectivity index (χ1n) is 16.9. The molecule has 0 radical (unpaired) electrons. The molecule has 1 amide bonds. The Morgan fingerprint density at radius 2 is 1.94 bits per heavy atom. The first-order chi connectivity index (χ1) is 22.0. The fraction of sp³-hybridized carbons (Fsp3) is 0.743. The van der Waals surface area contributed by atoms with E-state index in [1.54, 1.807) is 56.1 Å². The lowest BCUT2D eigenvalue weighted by molar-refractivity contribution is -0.158. The van der Waals surface area contributed by atoms with Crippen LogP contribution in [0.25, 0.3) is 0 Å². The molecule has 0 saturated carbocycles. The van der Waals surface area contributed by atoms with Crippen molar-refractivity contribution >= 4 is 18.0 Å². The van der Waals surface area contributed by atoms with Gasteiger partial charge in [-0.1, -0.05) is 45.1 Å². The van der Waals surface area contributed by atoms with Gasteiger partial charge in [0.2, 0.25) is 0 Å². The lowest BCUT2D eigenvalue weighted by Gasteiger charge is -2.38. The Morgan fingerprint density at radius 1 is 1.26 bits per heavy atom. The number of aliphatic hydroxyl groups is 3. The number of nitrogens with one attached hydrogen (secondary N) is 1. The Kier molecular flexibility index (Phi) is 14.0. The molecule has 0 unspecified atom stereocenters. The molecular weight excluding hydrogens is 608 g/mol. The maximum absolute atomic E-state index is 13.2. The van der Waals surface area contributed by atoms with Crippen LogP contribution in [0.15, 0.2) is 36.0 Å². The van der Waals surface area contributed by atoms with Crippen molar-refractivity contribution < 1.29 is 48.7 Å². The molecule has 2 fully saturated rings. The number of carbonyl (C=O) groups is 3. The van der Waals surface area contributed by atoms with Gasteiger partial charge in [-0.2, -0.15) is 0 Å². The van der Waals surface area contributed by atoms with Gasteiger partial charge in [0.1, 0.15) is 6.10 Å². The molecule has 10 atom stereocenters. The first kappa shape index (κ1) is 38.7. The molecule has 0 aromatic heterocycles. The largest absolute Gasteiger partial charge is 0.457 e. The number of epoxide rings is 1. The second kappa shape index (κ2) is 17.1. The fourth-order valence-electron chi connectivity index (χ4n) is 6.19. The SMILES string of the molecule is CC[C@H](O)[C@@H](C)[C@H]1O[C@@H]1C[C@@](C)(O)/C=C/C=C(\C)[C@H]1OC(=O)C[C@H](O)CC[C@@](C)(OC(=O)N2CCNCC2)[C@@H](OC(C)=O)/C=C/[C@@H]1C. The van der Waals surface area contributed by atoms with E-state index in [1.165, 1.54) is 6.92 Å². The van der Waals surface area contributed by atoms with Crippen LogP contribution in [0.4, 0.5) is 4.79 Å². The lowest BCUT2D eigenvalue weighted by Crippen LogP contribution is -2.52. The van der Waals surface area contributed by atoms with Gasteiger partial charge in [0.05, 0.1) is 36.4 Å². The van der Waals surface area contributed by atoms with Crippen LogP contribution in [0.1, 0.15) is 80.6 Å². The van der Waals surface area contributed by atoms with Crippen molar-refractivity contribution in [2.24, 2.45) is 11.8 Å². The molecule has 47 heavy (non-hydrogen) atoms. The third kappa shape index (κ3) is 11.7. The summed E-state index contributed by atoms with van der Waals surface area (Å²) in [5.41, 5.74) is -1.80. The molecule has 0 aliphatic carbocycles. The highest BCUT2D eigenvalue weighted by Gasteiger charge is 2.47. The van der Waals surface area contributed by atoms with E-state index < -0.39 is 59.6 Å². The topological polar surface area (TPSA) is 167 Å². The van der Waals surface area contributed by atoms with Gasteiger partial charge in [-0.3, -0.25) is 9.59 Å². The molecule has 266 valence electrons. The minimum absolute atomic E-state index is 0.0201. The number of ether oxygens (including phenoxy) is 4. The number of cyclic esters (lactones) is 1. The Morgan fingerprint density at radius 3 is 2.57 bits per heavy atom. The van der Waals surface area contributed by atoms with Crippen LogP contribution in [0.2, 0.25) is 0 Å². The summed E-state index contributed by atoms with van der Waals surface area (Å²) in [5.74, 6) is -1.56. The molecule has 0 aromatic carbocycles. The predicted octanol–water partition coefficient (Wildman–Crippen LogP) is 3.19. The van der Waals surface area contributed by atoms with Gasteiger partial charge in [0, 0.05) is 51.4 Å². The van der Waals surface area contributed by atoms with Crippen molar-refractivity contribution in [1.82, 2.24) is 10.2 Å². The van der Waals surface area contributed by atoms with Gasteiger partial charge in [-0.15, -0.1) is 0 Å². The second-order valence-corrected chi connectivity index (χ2v) is 13.8. The fourth-order valence-corrected chi connectivity index (χ4v) is 6.19. The van der Waals surface area contributed by atoms with E-state index in [-0.39, 0.29) is 37.4 Å². The van der Waals surface area contributed by atoms with Crippen LogP contribution in [0.5, 0.6) is 0 Å². The number of allylic oxidation sites excluding steroid dienone is 2. The maximum atomic E-state index is 13.2. The van der Waals surface area contributed by atoms with Crippen LogP contribution in [-0.2, 0) is 28.5 Å². The smallest absolute Gasteiger partial charge is 0.410 e. The molecule has 3 heterocycles. The van der Waals surface area contributed by atoms with Gasteiger partial charge >= 0.3 is 18.0 Å². The van der Waals surface area contributed by atoms with Crippen molar-refractivity contribution in [2.75, 3.05) is 26.2 Å². The van der Waals surface area contributed by atoms with Crippen molar-refractivity contribution in [2.45, 2.75) is 128 Å². The Labute approximate surface area is 279 Å². The van der Waals surface area contributed by atoms with Gasteiger partial charge in [0.15, 0.2) is 11.7 Å². The van der Waals surface area contributed by atoms with Gasteiger partial charge in [0.25, 0.3) is 0 Å². The molecule has 3 aliphatic rings. The predicted molar refractivity (Wildman–Crippen MR) is 175 cm³/mol. The summed E-state index contributed by atoms with van der Waals surface area (Å²) in [6.45, 7) is 14.4. The van der Waals surface area contributed by atoms with E-state index in [9.17, 15) is 29.7 Å². The summed E-state index contributed by atoms with van der Waals surface area (Å²) < 4.78 is 23.3. The van der Waals surface area contributed by atoms with Crippen LogP contribution in [-0.4, -0.2) is 112 Å². The number of aliphatic hydroxyl groups excluding tert-OH is 2. The van der Waals surface area contributed by atoms with Crippen molar-refractivity contribution in [3.8, 4) is 0 Å². The third-order valence-corrected chi connectivity index (χ3v) is 9.33. The summed E-state index contributed by atoms with van der Waals surface area (Å²) in [7, 11) is 0. The highest BCUT2D eigenvalue weighted by Crippen LogP contribution is 2.37. The molecule has 4 N–H and O–H groups in total. The number of esters is 2. The Bertz CT molecular complexity index is 1160. The van der Waals surface area contributed by atoms with Crippen molar-refractivity contribution in [3.05, 3.63) is 36.0 Å². The van der Waals surface area contributed by atoms with Crippen molar-refractivity contribution in [3.63, 3.8) is 0 Å². The number of carbonyl (C=O) groups excluding carboxylic acids is 3. The zero-order valence-corrected chi connectivity index (χ0v) is 29.0. The first-order valence-corrected chi connectivity index (χ1v) is 16.9. The van der Waals surface area contributed by atoms with Gasteiger partial charge < -0.3 is 44.5 Å². The average Bonchev–Trinajstić information content (AvgIpc) is 3.77. The molecule has 3 aliphatic heterocycles. The van der Waals surface area contributed by atoms with E-state index in [4.69, 9.17) is 18.9 Å². The summed E-state index contributed by atoms with van der Waals surface area (Å²) in [6, 6.07) is 0. The zero-order chi connectivity index (χ0) is 34.9. The summed E-state index contributed by atoms with van der Waals surface area (Å²) in [4.78, 5) is 39.9. The van der Waals surface area contributed by atoms with E-state index >= 15 is 0 Å². The molecule has 0 bridgehead atoms. The van der Waals surface area contributed by atoms with E-state index in [2.05, 4.69) is 5.32 Å². The van der Waals surface area contributed by atoms with Crippen LogP contribution >= 0.6 is 0 Å². The Balaban J connectivity index is 1.80. The summed E-state index contributed by atoms with van der Waals surface area (Å²) in [6.07, 6.45) is 5.52. The molecular formula is C35H56N2O10. The highest BCUT2D eigenvalue weighted by molar-refractivity contribution is 5.71. The molecule has 0 aromatic rings. The number of nitrogens with zero attached hydrogens (tertiary/aromatic N) is 1. The second-order valence-electron chi connectivity index (χ2n) is 13.8. The maximum Gasteiger partial charge on any atom is 0.410 e. The van der Waals surface area contributed by atoms with Crippen molar-refractivity contribution in [1.29, 1.82) is 0 Å². The number of hydrogen-bond donors (Lipinski definition) is 4. The van der Waals surface area contributed by atoms with Crippen LogP contribution < -0.4 is 5.32 Å². The third-order valence-electron chi connectivity index (χ3n) is 9.33. The number of rotatable bonds is 10. The average molecular weight is 665 g/mol. The Hall–Kier alpha value is -2.77. The van der Waals surface area contributed by atoms with Gasteiger partial charge in [-0.25, -0.2) is 4.79 Å². The summed E-state index contributed by atoms with van der Waals surface area (Å²) in [5, 5.41) is 35.1. The quantitative estimate of drug-likeness (QED) is 0.0891. The lowest BCUT2D eigenvalue weighted by atomic mass is 9.88. The van der Waals surface area contributed by atoms with Gasteiger partial charge in [-0.05, 0) is 51.7 Å². The number of piperazine rings is 1. The van der Waals surface area contributed by atoms with Crippen LogP contribution in [0.3, 0.4) is 0 Å². The normalized spacial score (nSPS) is 34.2. The van der Waals surface area contributed by atoms with Crippen LogP contribution in [0, 0.1) is 11.8 Å². The van der Waals surface area contributed by atoms with E-state index in [1.807, 2.05) is 20.8 Å². The van der Waals surface area contributed by atoms with E-state index in [0.717, 1.165) is 0 Å². The standard InChI is InChI=1S/C35H56N2O10/c1-8-27(40)24(4)32-28(45-32)21-34(6,43)14-9-10-22(2)31-23(3)11-12-29(44-25(5)38)35(7,15-13-26(39)20-30(41)46-31)47-33(42)37-18-16-36-17-19-37/h9-12,14,23-24,26-29,31-32,36,39-40,43H,8,13,15-21H2,1-7H3/b12-11+,14-9+,22-10+/t23-,24+,26+,27-,28+,29-,31+,32+,34-,35+/m0/s1. The number of hydrogen-bond acceptors (Lipinski definition) is 11. The highest BCUT2D eigenvalue weighted by atomic mass is 16.6. The molecule has 3 rings (SSSR count). The van der Waals surface area contributed by atoms with E-state index in [0.29, 0.717) is 44.6 Å². The minimum atomic E-state index is -1.32. The molecule has 12 nitrogen and oxygen atoms in total. The summed E-state index contributed by atoms with van der Waals surface area (Å²) >= 11 is 0. The monoisotopic (exact) mass is 664 g/mol. The number of amides is 1. The molecule has 0 spiro atoms. The zero-order valence-electron chi connectivity index (χ0n) is 29.0. The minimum Gasteiger partial charge on any atom is -0.457 e. The molecule has 2 saturated heterocycles.